The highest BCUT2D eigenvalue weighted by Gasteiger charge is 2.38. The van der Waals surface area contributed by atoms with Crippen LogP contribution in [0.2, 0.25) is 0 Å². The minimum Gasteiger partial charge on any atom is -0.476 e. The summed E-state index contributed by atoms with van der Waals surface area (Å²) in [4.78, 5) is 13.2. The lowest BCUT2D eigenvalue weighted by Crippen LogP contribution is -2.50. The van der Waals surface area contributed by atoms with Crippen LogP contribution in [-0.4, -0.2) is 27.0 Å². The Morgan fingerprint density at radius 3 is 2.38 bits per heavy atom. The monoisotopic (exact) mass is 478 g/mol. The predicted octanol–water partition coefficient (Wildman–Crippen LogP) is 4.57. The van der Waals surface area contributed by atoms with Crippen molar-refractivity contribution in [2.24, 2.45) is 0 Å². The summed E-state index contributed by atoms with van der Waals surface area (Å²) < 4.78 is 34.6. The second-order valence-electron chi connectivity index (χ2n) is 9.53. The van der Waals surface area contributed by atoms with Crippen LogP contribution in [0.25, 0.3) is 0 Å². The van der Waals surface area contributed by atoms with E-state index >= 15 is 0 Å². The normalized spacial score (nSPS) is 15.9. The van der Waals surface area contributed by atoms with Gasteiger partial charge >= 0.3 is 0 Å². The fraction of sp³-hybridized carbons (Fsp3) is 0.296. The van der Waals surface area contributed by atoms with Gasteiger partial charge in [0.25, 0.3) is 15.9 Å². The topological polar surface area (TPSA) is 75.7 Å². The second kappa shape index (κ2) is 9.14. The first-order valence-electron chi connectivity index (χ1n) is 11.3. The molecular formula is C27H30N2O4S. The van der Waals surface area contributed by atoms with Crippen LogP contribution < -0.4 is 14.4 Å². The van der Waals surface area contributed by atoms with E-state index in [4.69, 9.17) is 4.74 Å². The van der Waals surface area contributed by atoms with Crippen LogP contribution in [0.4, 0.5) is 5.69 Å². The number of nitrogens with one attached hydrogen (secondary N) is 1. The fourth-order valence-electron chi connectivity index (χ4n) is 3.91. The third-order valence-electron chi connectivity index (χ3n) is 6.03. The lowest BCUT2D eigenvalue weighted by molar-refractivity contribution is -0.127. The quantitative estimate of drug-likeness (QED) is 0.583. The SMILES string of the molecule is Cc1ccccc1CNC(=O)[C@@H]1CN(S(=O)(=O)c2ccccc2)c2cc(C(C)(C)C)ccc2O1. The molecule has 0 fully saturated rings. The molecular weight excluding hydrogens is 448 g/mol. The highest BCUT2D eigenvalue weighted by atomic mass is 32.2. The molecule has 0 unspecified atom stereocenters. The van der Waals surface area contributed by atoms with Gasteiger partial charge in [-0.3, -0.25) is 9.10 Å². The summed E-state index contributed by atoms with van der Waals surface area (Å²) in [5.41, 5.74) is 3.31. The predicted molar refractivity (Wildman–Crippen MR) is 134 cm³/mol. The van der Waals surface area contributed by atoms with E-state index in [0.717, 1.165) is 16.7 Å². The molecule has 1 aliphatic heterocycles. The first-order valence-corrected chi connectivity index (χ1v) is 12.7. The van der Waals surface area contributed by atoms with Crippen molar-refractivity contribution in [2.45, 2.75) is 50.7 Å². The number of rotatable bonds is 5. The van der Waals surface area contributed by atoms with E-state index in [9.17, 15) is 13.2 Å². The van der Waals surface area contributed by atoms with Gasteiger partial charge in [-0.15, -0.1) is 0 Å². The van der Waals surface area contributed by atoms with Gasteiger partial charge in [0, 0.05) is 6.54 Å². The van der Waals surface area contributed by atoms with Crippen molar-refractivity contribution in [3.8, 4) is 5.75 Å². The highest BCUT2D eigenvalue weighted by Crippen LogP contribution is 2.40. The summed E-state index contributed by atoms with van der Waals surface area (Å²) in [6.45, 7) is 8.41. The number of ether oxygens (including phenoxy) is 1. The smallest absolute Gasteiger partial charge is 0.264 e. The fourth-order valence-corrected chi connectivity index (χ4v) is 5.40. The third kappa shape index (κ3) is 4.80. The third-order valence-corrected chi connectivity index (χ3v) is 7.83. The molecule has 1 heterocycles. The number of aryl methyl sites for hydroxylation is 1. The van der Waals surface area contributed by atoms with Crippen LogP contribution in [0.5, 0.6) is 5.75 Å². The number of benzene rings is 3. The maximum Gasteiger partial charge on any atom is 0.264 e. The molecule has 3 aromatic carbocycles. The van der Waals surface area contributed by atoms with E-state index in [-0.39, 0.29) is 22.8 Å². The molecule has 0 radical (unpaired) electrons. The molecule has 34 heavy (non-hydrogen) atoms. The molecule has 0 spiro atoms. The van der Waals surface area contributed by atoms with Gasteiger partial charge < -0.3 is 10.1 Å². The average Bonchev–Trinajstić information content (AvgIpc) is 2.82. The molecule has 0 aliphatic carbocycles. The standard InChI is InChI=1S/C27H30N2O4S/c1-19-10-8-9-11-20(19)17-28-26(30)25-18-29(34(31,32)22-12-6-5-7-13-22)23-16-21(27(2,3)4)14-15-24(23)33-25/h5-16,25H,17-18H2,1-4H3,(H,28,30)/t25-/m0/s1. The Labute approximate surface area is 201 Å². The minimum absolute atomic E-state index is 0.114. The Morgan fingerprint density at radius 2 is 1.71 bits per heavy atom. The van der Waals surface area contributed by atoms with Crippen LogP contribution in [0.3, 0.4) is 0 Å². The summed E-state index contributed by atoms with van der Waals surface area (Å²) in [7, 11) is -3.90. The molecule has 6 nitrogen and oxygen atoms in total. The summed E-state index contributed by atoms with van der Waals surface area (Å²) >= 11 is 0. The molecule has 1 atom stereocenters. The Hall–Kier alpha value is -3.32. The number of carbonyl (C=O) groups excluding carboxylic acids is 1. The zero-order valence-corrected chi connectivity index (χ0v) is 20.7. The van der Waals surface area contributed by atoms with Crippen molar-refractivity contribution >= 4 is 21.6 Å². The second-order valence-corrected chi connectivity index (χ2v) is 11.4. The molecule has 3 aromatic rings. The van der Waals surface area contributed by atoms with Crippen LogP contribution in [0.1, 0.15) is 37.5 Å². The van der Waals surface area contributed by atoms with Crippen molar-refractivity contribution in [3.05, 3.63) is 89.5 Å². The molecule has 7 heteroatoms. The van der Waals surface area contributed by atoms with Gasteiger partial charge in [0.05, 0.1) is 17.1 Å². The number of hydrogen-bond acceptors (Lipinski definition) is 4. The minimum atomic E-state index is -3.90. The van der Waals surface area contributed by atoms with Crippen LogP contribution >= 0.6 is 0 Å². The first-order chi connectivity index (χ1) is 16.1. The average molecular weight is 479 g/mol. The number of anilines is 1. The molecule has 4 rings (SSSR count). The van der Waals surface area contributed by atoms with Crippen LogP contribution in [-0.2, 0) is 26.8 Å². The van der Waals surface area contributed by atoms with Crippen molar-refractivity contribution in [3.63, 3.8) is 0 Å². The lowest BCUT2D eigenvalue weighted by atomic mass is 9.86. The number of amides is 1. The van der Waals surface area contributed by atoms with Gasteiger partial charge in [0.15, 0.2) is 6.10 Å². The van der Waals surface area contributed by atoms with E-state index in [1.165, 1.54) is 4.31 Å². The molecule has 0 saturated heterocycles. The number of carbonyl (C=O) groups is 1. The molecule has 1 N–H and O–H groups in total. The molecule has 1 aliphatic rings. The molecule has 178 valence electrons. The van der Waals surface area contributed by atoms with E-state index in [1.54, 1.807) is 36.4 Å². The van der Waals surface area contributed by atoms with Gasteiger partial charge in [0.1, 0.15) is 5.75 Å². The van der Waals surface area contributed by atoms with Gasteiger partial charge in [-0.2, -0.15) is 0 Å². The van der Waals surface area contributed by atoms with Crippen LogP contribution in [0, 0.1) is 6.92 Å². The number of nitrogens with zero attached hydrogens (tertiary/aromatic N) is 1. The molecule has 0 aromatic heterocycles. The Kier molecular flexibility index (Phi) is 6.41. The lowest BCUT2D eigenvalue weighted by Gasteiger charge is -2.36. The van der Waals surface area contributed by atoms with E-state index in [2.05, 4.69) is 26.1 Å². The summed E-state index contributed by atoms with van der Waals surface area (Å²) in [5, 5.41) is 2.90. The number of fused-ring (bicyclic) bond motifs is 1. The molecule has 1 amide bonds. The summed E-state index contributed by atoms with van der Waals surface area (Å²) in [6, 6.07) is 21.6. The summed E-state index contributed by atoms with van der Waals surface area (Å²) in [6.07, 6.45) is -0.976. The number of sulfonamides is 1. The maximum atomic E-state index is 13.6. The van der Waals surface area contributed by atoms with Crippen molar-refractivity contribution in [2.75, 3.05) is 10.8 Å². The number of hydrogen-bond donors (Lipinski definition) is 1. The zero-order valence-electron chi connectivity index (χ0n) is 19.9. The van der Waals surface area contributed by atoms with Crippen molar-refractivity contribution in [1.29, 1.82) is 0 Å². The van der Waals surface area contributed by atoms with E-state index < -0.39 is 16.1 Å². The Morgan fingerprint density at radius 1 is 1.03 bits per heavy atom. The van der Waals surface area contributed by atoms with Gasteiger partial charge in [-0.25, -0.2) is 8.42 Å². The molecule has 0 bridgehead atoms. The highest BCUT2D eigenvalue weighted by molar-refractivity contribution is 7.92. The van der Waals surface area contributed by atoms with E-state index in [0.29, 0.717) is 18.0 Å². The first kappa shape index (κ1) is 23.8. The maximum absolute atomic E-state index is 13.6. The Balaban J connectivity index is 1.68. The largest absolute Gasteiger partial charge is 0.476 e. The molecule has 0 saturated carbocycles. The van der Waals surface area contributed by atoms with Crippen LogP contribution in [0.15, 0.2) is 77.7 Å². The van der Waals surface area contributed by atoms with E-state index in [1.807, 2.05) is 43.3 Å². The van der Waals surface area contributed by atoms with Crippen molar-refractivity contribution in [1.82, 2.24) is 5.32 Å². The summed E-state index contributed by atoms with van der Waals surface area (Å²) in [5.74, 6) is 0.0110. The van der Waals surface area contributed by atoms with Gasteiger partial charge in [-0.05, 0) is 53.3 Å². The van der Waals surface area contributed by atoms with Gasteiger partial charge in [0.2, 0.25) is 0 Å². The van der Waals surface area contributed by atoms with Crippen molar-refractivity contribution < 1.29 is 17.9 Å². The Bertz CT molecular complexity index is 1300. The zero-order chi connectivity index (χ0) is 24.5. The van der Waals surface area contributed by atoms with Gasteiger partial charge in [-0.1, -0.05) is 69.3 Å².